The number of aliphatic hydroxyl groups excluding tert-OH is 2. The third-order valence-corrected chi connectivity index (χ3v) is 11.5. The molecule has 0 saturated carbocycles. The lowest BCUT2D eigenvalue weighted by Crippen LogP contribution is -2.21. The predicted octanol–water partition coefficient (Wildman–Crippen LogP) is 6.50. The molecule has 3 atom stereocenters. The molecule has 318 valence electrons. The number of carbonyl (C=O) groups is 1. The van der Waals surface area contributed by atoms with E-state index >= 15 is 0 Å². The summed E-state index contributed by atoms with van der Waals surface area (Å²) in [5, 5.41) is 55.7. The Morgan fingerprint density at radius 3 is 2.52 bits per heavy atom. The van der Waals surface area contributed by atoms with Crippen LogP contribution in [0.5, 0.6) is 17.2 Å². The van der Waals surface area contributed by atoms with Crippen molar-refractivity contribution in [3.8, 4) is 29.1 Å². The quantitative estimate of drug-likeness (QED) is 0.0265. The fourth-order valence-electron chi connectivity index (χ4n) is 7.87. The number of hydrogen-bond donors (Lipinski definition) is 6. The predicted molar refractivity (Wildman–Crippen MR) is 237 cm³/mol. The van der Waals surface area contributed by atoms with Crippen molar-refractivity contribution in [1.82, 2.24) is 0 Å². The fraction of sp³-hybridized carbons (Fsp3) is 0.333. The number of hydrogen-bond acceptors (Lipinski definition) is 10. The summed E-state index contributed by atoms with van der Waals surface area (Å²) in [6.45, 7) is 2.35. The van der Waals surface area contributed by atoms with E-state index in [2.05, 4.69) is 16.8 Å². The maximum absolute atomic E-state index is 13.7. The van der Waals surface area contributed by atoms with Gasteiger partial charge in [0, 0.05) is 42.7 Å². The minimum absolute atomic E-state index is 0.00856. The minimum Gasteiger partial charge on any atom is -0.875 e. The number of phenolic OH excluding ortho intramolecular Hbond substituents is 2. The molecule has 4 aromatic rings. The summed E-state index contributed by atoms with van der Waals surface area (Å²) in [4.78, 5) is 17.1. The van der Waals surface area contributed by atoms with Crippen LogP contribution in [0.2, 0.25) is 0 Å². The van der Waals surface area contributed by atoms with Crippen molar-refractivity contribution >= 4 is 11.5 Å². The number of nitrogens with two attached hydrogens (primary N) is 2. The molecule has 0 bridgehead atoms. The second-order valence-electron chi connectivity index (χ2n) is 15.9. The smallest absolute Gasteiger partial charge is 0.161 e. The van der Waals surface area contributed by atoms with Gasteiger partial charge in [-0.15, -0.1) is 5.76 Å². The number of unbranched alkanes of at least 4 members (excludes halogenated alkanes) is 1. The Hall–Kier alpha value is -5.96. The van der Waals surface area contributed by atoms with Crippen molar-refractivity contribution in [2.75, 3.05) is 13.2 Å². The normalized spacial score (nSPS) is 15.8. The van der Waals surface area contributed by atoms with Crippen LogP contribution in [0.25, 0.3) is 0 Å². The maximum Gasteiger partial charge on any atom is 0.161 e. The number of aryl methyl sites for hydroxylation is 1. The number of fused-ring (bicyclic) bond motifs is 2. The summed E-state index contributed by atoms with van der Waals surface area (Å²) >= 11 is 0. The van der Waals surface area contributed by atoms with Gasteiger partial charge in [0.1, 0.15) is 5.75 Å². The highest BCUT2D eigenvalue weighted by Crippen LogP contribution is 2.39. The van der Waals surface area contributed by atoms with Crippen LogP contribution in [0.1, 0.15) is 102 Å². The molecule has 0 saturated heterocycles. The fourth-order valence-corrected chi connectivity index (χ4v) is 7.87. The molecule has 8 N–H and O–H groups in total. The highest BCUT2D eigenvalue weighted by atomic mass is 16.5. The molecule has 4 aromatic carbocycles. The zero-order chi connectivity index (χ0) is 43.3. The largest absolute Gasteiger partial charge is 0.875 e. The summed E-state index contributed by atoms with van der Waals surface area (Å²) < 4.78 is 6.05. The van der Waals surface area contributed by atoms with Crippen molar-refractivity contribution in [3.63, 3.8) is 0 Å². The summed E-state index contributed by atoms with van der Waals surface area (Å²) in [6, 6.07) is 23.9. The average Bonchev–Trinajstić information content (AvgIpc) is 3.73. The SMILES string of the molecule is C[C@H](CCC/C=C/C(=O)CCc1ccc(O)c(OCCc2ccc(O)c([C@@H]3CC([O-])=C4C=CN=C4CC#Cc4cc(C(N)N)ccc43)c2)c1)[C@H](O)Cc1ccccc1CCO. The molecule has 1 aliphatic heterocycles. The zero-order valence-corrected chi connectivity index (χ0v) is 34.7. The average molecular weight is 823 g/mol. The molecule has 10 heteroatoms. The van der Waals surface area contributed by atoms with Gasteiger partial charge < -0.3 is 41.7 Å². The van der Waals surface area contributed by atoms with Gasteiger partial charge in [0.15, 0.2) is 17.3 Å². The van der Waals surface area contributed by atoms with Crippen LogP contribution in [0.3, 0.4) is 0 Å². The van der Waals surface area contributed by atoms with E-state index < -0.39 is 18.2 Å². The van der Waals surface area contributed by atoms with E-state index in [0.29, 0.717) is 72.2 Å². The monoisotopic (exact) mass is 822 g/mol. The molecule has 0 aromatic heterocycles. The summed E-state index contributed by atoms with van der Waals surface area (Å²) in [6.07, 6.45) is 10.9. The first-order chi connectivity index (χ1) is 29.5. The van der Waals surface area contributed by atoms with Crippen LogP contribution in [0.15, 0.2) is 120 Å². The van der Waals surface area contributed by atoms with Crippen molar-refractivity contribution < 1.29 is 35.1 Å². The molecule has 0 fully saturated rings. The number of ketones is 1. The molecule has 1 aliphatic carbocycles. The van der Waals surface area contributed by atoms with Crippen LogP contribution in [-0.4, -0.2) is 51.2 Å². The van der Waals surface area contributed by atoms with Crippen molar-refractivity contribution in [3.05, 3.63) is 159 Å². The van der Waals surface area contributed by atoms with E-state index in [9.17, 15) is 30.3 Å². The van der Waals surface area contributed by atoms with Gasteiger partial charge in [0.05, 0.1) is 31.0 Å². The van der Waals surface area contributed by atoms with Gasteiger partial charge in [-0.25, -0.2) is 0 Å². The van der Waals surface area contributed by atoms with Gasteiger partial charge in [-0.2, -0.15) is 0 Å². The number of allylic oxidation sites excluding steroid dienone is 5. The Bertz CT molecular complexity index is 2370. The summed E-state index contributed by atoms with van der Waals surface area (Å²) in [7, 11) is 0. The number of nitrogens with zero attached hydrogens (tertiary/aromatic N) is 1. The molecule has 2 aliphatic rings. The Morgan fingerprint density at radius 1 is 0.967 bits per heavy atom. The first-order valence-electron chi connectivity index (χ1n) is 21.1. The van der Waals surface area contributed by atoms with Crippen LogP contribution >= 0.6 is 0 Å². The van der Waals surface area contributed by atoms with E-state index in [-0.39, 0.29) is 48.6 Å². The highest BCUT2D eigenvalue weighted by Gasteiger charge is 2.24. The molecule has 0 amide bonds. The maximum atomic E-state index is 13.7. The second-order valence-corrected chi connectivity index (χ2v) is 15.9. The first-order valence-corrected chi connectivity index (χ1v) is 21.1. The van der Waals surface area contributed by atoms with Gasteiger partial charge in [-0.05, 0) is 126 Å². The van der Waals surface area contributed by atoms with Crippen molar-refractivity contribution in [2.24, 2.45) is 22.4 Å². The number of aliphatic hydroxyl groups is 2. The van der Waals surface area contributed by atoms with Crippen molar-refractivity contribution in [2.45, 2.75) is 89.3 Å². The summed E-state index contributed by atoms with van der Waals surface area (Å²) in [5.41, 5.74) is 19.7. The first kappa shape index (κ1) is 44.6. The standard InChI is InChI=1S/C51H57N3O7/c1-33(48(59)31-37-10-6-5-9-36(37)23-26-55)8-3-2-4-12-40(56)18-14-34-16-21-47(58)50(29-34)61-27-24-35-15-20-46(57)44(28-35)43-32-49(60)42-22-25-54-45(42)13-7-11-38-30-39(51(52)53)17-19-41(38)43/h4-6,9-10,12,15-17,19-22,25,28-30,33,43,48,51,55,57-60H,2-3,8,13-14,18,23-24,26-27,31-32,52-53H2,1H3/p-1/b12-4+,49-42?/t33-,43-,48-/m1/s1. The van der Waals surface area contributed by atoms with Crippen molar-refractivity contribution in [1.29, 1.82) is 0 Å². The van der Waals surface area contributed by atoms with Gasteiger partial charge in [-0.3, -0.25) is 9.79 Å². The number of aromatic hydroxyl groups is 2. The Kier molecular flexibility index (Phi) is 15.7. The van der Waals surface area contributed by atoms with Crippen LogP contribution in [0.4, 0.5) is 0 Å². The number of carbonyl (C=O) groups excluding carboxylic acids is 1. The van der Waals surface area contributed by atoms with Crippen LogP contribution in [-0.2, 0) is 30.5 Å². The number of benzene rings is 4. The van der Waals surface area contributed by atoms with E-state index in [1.807, 2.05) is 67.6 Å². The number of rotatable bonds is 19. The second kappa shape index (κ2) is 21.5. The molecule has 10 nitrogen and oxygen atoms in total. The highest BCUT2D eigenvalue weighted by molar-refractivity contribution is 6.06. The van der Waals surface area contributed by atoms with E-state index in [1.165, 1.54) is 0 Å². The van der Waals surface area contributed by atoms with Gasteiger partial charge in [-0.1, -0.05) is 79.4 Å². The Balaban J connectivity index is 1.02. The zero-order valence-electron chi connectivity index (χ0n) is 34.7. The lowest BCUT2D eigenvalue weighted by atomic mass is 9.82. The molecule has 6 rings (SSSR count). The molecule has 61 heavy (non-hydrogen) atoms. The number of aliphatic imine (C=N–C) groups is 1. The number of phenols is 2. The van der Waals surface area contributed by atoms with Gasteiger partial charge >= 0.3 is 0 Å². The lowest BCUT2D eigenvalue weighted by Gasteiger charge is -2.27. The lowest BCUT2D eigenvalue weighted by molar-refractivity contribution is -0.307. The summed E-state index contributed by atoms with van der Waals surface area (Å²) in [5.74, 6) is 6.23. The van der Waals surface area contributed by atoms with E-state index in [4.69, 9.17) is 16.2 Å². The third-order valence-electron chi connectivity index (χ3n) is 11.5. The Labute approximate surface area is 358 Å². The van der Waals surface area contributed by atoms with E-state index in [0.717, 1.165) is 47.1 Å². The van der Waals surface area contributed by atoms with E-state index in [1.54, 1.807) is 42.6 Å². The molecule has 0 unspecified atom stereocenters. The topological polar surface area (TPSA) is 195 Å². The van der Waals surface area contributed by atoms with Gasteiger partial charge in [0.25, 0.3) is 0 Å². The van der Waals surface area contributed by atoms with Crippen LogP contribution in [0, 0.1) is 17.8 Å². The Morgan fingerprint density at radius 2 is 1.74 bits per heavy atom. The molecular formula is C51H56N3O7-. The minimum atomic E-state index is -0.704. The molecule has 0 radical (unpaired) electrons. The molecular weight excluding hydrogens is 767 g/mol. The van der Waals surface area contributed by atoms with Crippen LogP contribution < -0.4 is 21.3 Å². The number of ether oxygens (including phenoxy) is 1. The molecule has 0 spiro atoms. The molecule has 1 heterocycles. The third kappa shape index (κ3) is 12.1. The van der Waals surface area contributed by atoms with Gasteiger partial charge in [0.2, 0.25) is 0 Å².